The van der Waals surface area contributed by atoms with Crippen molar-refractivity contribution >= 4 is 0 Å². The predicted molar refractivity (Wildman–Crippen MR) is 78.9 cm³/mol. The zero-order chi connectivity index (χ0) is 13.7. The predicted octanol–water partition coefficient (Wildman–Crippen LogP) is 3.83. The summed E-state index contributed by atoms with van der Waals surface area (Å²) in [5.41, 5.74) is 3.86. The minimum atomic E-state index is -0.127. The Hall–Kier alpha value is -1.89. The first-order valence-corrected chi connectivity index (χ1v) is 6.77. The maximum Gasteiger partial charge on any atom is 0.213 e. The molecule has 2 heterocycles. The normalized spacial score (nSPS) is 23.3. The fourth-order valence-corrected chi connectivity index (χ4v) is 3.25. The molecule has 1 aliphatic rings. The fraction of sp³-hybridized carbons (Fsp3) is 0.278. The van der Waals surface area contributed by atoms with Gasteiger partial charge in [0.2, 0.25) is 5.69 Å². The first-order chi connectivity index (χ1) is 9.02. The Morgan fingerprint density at radius 1 is 1.00 bits per heavy atom. The molecule has 1 aromatic heterocycles. The summed E-state index contributed by atoms with van der Waals surface area (Å²) < 4.78 is 2.35. The van der Waals surface area contributed by atoms with E-state index < -0.39 is 0 Å². The average Bonchev–Trinajstić information content (AvgIpc) is 2.45. The third kappa shape index (κ3) is 1.39. The first kappa shape index (κ1) is 12.2. The standard InChI is InChI=1S/C18H20N/c1-5-18(4)17(2,3)15-11-7-6-10-14(15)16-12-8-9-13-19(16)18/h5-13H,1H2,2-4H3/q+1. The van der Waals surface area contributed by atoms with E-state index in [2.05, 4.69) is 86.7 Å². The fourth-order valence-electron chi connectivity index (χ4n) is 3.25. The highest BCUT2D eigenvalue weighted by molar-refractivity contribution is 5.65. The van der Waals surface area contributed by atoms with Crippen molar-refractivity contribution in [2.45, 2.75) is 31.7 Å². The number of benzene rings is 1. The van der Waals surface area contributed by atoms with Gasteiger partial charge in [-0.15, -0.1) is 0 Å². The van der Waals surface area contributed by atoms with Crippen LogP contribution in [0.2, 0.25) is 0 Å². The summed E-state index contributed by atoms with van der Waals surface area (Å²) in [6, 6.07) is 15.1. The lowest BCUT2D eigenvalue weighted by Crippen LogP contribution is -2.65. The van der Waals surface area contributed by atoms with Crippen molar-refractivity contribution in [1.82, 2.24) is 0 Å². The summed E-state index contributed by atoms with van der Waals surface area (Å²) in [5.74, 6) is 0. The molecular formula is C18H20N+. The van der Waals surface area contributed by atoms with Gasteiger partial charge in [0, 0.05) is 19.1 Å². The second kappa shape index (κ2) is 3.80. The number of allylic oxidation sites excluding steroid dienone is 1. The number of hydrogen-bond acceptors (Lipinski definition) is 0. The topological polar surface area (TPSA) is 3.88 Å². The van der Waals surface area contributed by atoms with Crippen LogP contribution < -0.4 is 4.57 Å². The van der Waals surface area contributed by atoms with Gasteiger partial charge in [-0.1, -0.05) is 24.8 Å². The van der Waals surface area contributed by atoms with E-state index in [0.29, 0.717) is 0 Å². The monoisotopic (exact) mass is 250 g/mol. The van der Waals surface area contributed by atoms with Crippen molar-refractivity contribution in [3.63, 3.8) is 0 Å². The third-order valence-electron chi connectivity index (χ3n) is 4.90. The summed E-state index contributed by atoms with van der Waals surface area (Å²) in [7, 11) is 0. The molecule has 1 atom stereocenters. The van der Waals surface area contributed by atoms with Crippen molar-refractivity contribution in [2.75, 3.05) is 0 Å². The van der Waals surface area contributed by atoms with E-state index in [1.807, 2.05) is 0 Å². The third-order valence-corrected chi connectivity index (χ3v) is 4.90. The molecule has 1 heteroatoms. The molecule has 0 radical (unpaired) electrons. The van der Waals surface area contributed by atoms with Crippen molar-refractivity contribution in [1.29, 1.82) is 0 Å². The number of nitrogens with zero attached hydrogens (tertiary/aromatic N) is 1. The summed E-state index contributed by atoms with van der Waals surface area (Å²) in [6.45, 7) is 11.0. The molecule has 1 unspecified atom stereocenters. The maximum atomic E-state index is 4.10. The highest BCUT2D eigenvalue weighted by Gasteiger charge is 2.53. The van der Waals surface area contributed by atoms with Crippen LogP contribution in [0.3, 0.4) is 0 Å². The average molecular weight is 250 g/mol. The Kier molecular flexibility index (Phi) is 2.43. The van der Waals surface area contributed by atoms with E-state index in [4.69, 9.17) is 0 Å². The van der Waals surface area contributed by atoms with Gasteiger partial charge >= 0.3 is 0 Å². The molecule has 0 saturated carbocycles. The SMILES string of the molecule is C=CC1(C)[n+]2ccccc2-c2ccccc2C1(C)C. The van der Waals surface area contributed by atoms with E-state index in [1.165, 1.54) is 16.8 Å². The van der Waals surface area contributed by atoms with Crippen LogP contribution in [0.1, 0.15) is 26.3 Å². The van der Waals surface area contributed by atoms with Crippen molar-refractivity contribution < 1.29 is 4.57 Å². The van der Waals surface area contributed by atoms with Gasteiger partial charge in [-0.05, 0) is 37.6 Å². The molecule has 96 valence electrons. The molecule has 19 heavy (non-hydrogen) atoms. The van der Waals surface area contributed by atoms with E-state index in [-0.39, 0.29) is 11.0 Å². The molecule has 0 N–H and O–H groups in total. The molecule has 0 saturated heterocycles. The van der Waals surface area contributed by atoms with Crippen molar-refractivity contribution in [3.05, 3.63) is 66.9 Å². The molecule has 1 aromatic carbocycles. The first-order valence-electron chi connectivity index (χ1n) is 6.77. The Morgan fingerprint density at radius 3 is 2.42 bits per heavy atom. The molecule has 0 bridgehead atoms. The largest absolute Gasteiger partial charge is 0.213 e. The lowest BCUT2D eigenvalue weighted by Gasteiger charge is -2.42. The number of fused-ring (bicyclic) bond motifs is 3. The van der Waals surface area contributed by atoms with Crippen LogP contribution in [-0.2, 0) is 11.0 Å². The quantitative estimate of drug-likeness (QED) is 0.535. The molecule has 2 aromatic rings. The summed E-state index contributed by atoms with van der Waals surface area (Å²) in [6.07, 6.45) is 4.24. The minimum absolute atomic E-state index is 0.00433. The number of pyridine rings is 1. The van der Waals surface area contributed by atoms with Crippen LogP contribution in [0, 0.1) is 0 Å². The van der Waals surface area contributed by atoms with Gasteiger partial charge in [0.05, 0.1) is 11.0 Å². The second-order valence-corrected chi connectivity index (χ2v) is 5.98. The van der Waals surface area contributed by atoms with Crippen LogP contribution in [0.25, 0.3) is 11.3 Å². The van der Waals surface area contributed by atoms with Gasteiger partial charge in [0.1, 0.15) is 0 Å². The smallest absolute Gasteiger partial charge is 0.189 e. The molecule has 0 amide bonds. The number of aromatic nitrogens is 1. The molecule has 1 nitrogen and oxygen atoms in total. The molecule has 1 aliphatic heterocycles. The summed E-state index contributed by atoms with van der Waals surface area (Å²) >= 11 is 0. The molecule has 0 spiro atoms. The number of hydrogen-bond donors (Lipinski definition) is 0. The Labute approximate surface area is 115 Å². The van der Waals surface area contributed by atoms with E-state index in [1.54, 1.807) is 0 Å². The van der Waals surface area contributed by atoms with Crippen LogP contribution in [0.5, 0.6) is 0 Å². The van der Waals surface area contributed by atoms with Crippen LogP contribution in [-0.4, -0.2) is 0 Å². The van der Waals surface area contributed by atoms with Crippen molar-refractivity contribution in [3.8, 4) is 11.3 Å². The lowest BCUT2D eigenvalue weighted by molar-refractivity contribution is -0.751. The van der Waals surface area contributed by atoms with Gasteiger partial charge in [-0.3, -0.25) is 0 Å². The minimum Gasteiger partial charge on any atom is -0.189 e. The second-order valence-electron chi connectivity index (χ2n) is 5.98. The lowest BCUT2D eigenvalue weighted by atomic mass is 9.64. The highest BCUT2D eigenvalue weighted by Crippen LogP contribution is 2.45. The molecular weight excluding hydrogens is 230 g/mol. The number of rotatable bonds is 1. The molecule has 0 aliphatic carbocycles. The van der Waals surface area contributed by atoms with Gasteiger partial charge < -0.3 is 0 Å². The van der Waals surface area contributed by atoms with Gasteiger partial charge in [0.25, 0.3) is 0 Å². The van der Waals surface area contributed by atoms with Crippen molar-refractivity contribution in [2.24, 2.45) is 0 Å². The molecule has 0 fully saturated rings. The summed E-state index contributed by atoms with van der Waals surface area (Å²) in [5, 5.41) is 0. The van der Waals surface area contributed by atoms with Crippen LogP contribution in [0.15, 0.2) is 61.3 Å². The van der Waals surface area contributed by atoms with E-state index in [0.717, 1.165) is 0 Å². The Morgan fingerprint density at radius 2 is 1.68 bits per heavy atom. The van der Waals surface area contributed by atoms with Gasteiger partial charge in [-0.25, -0.2) is 0 Å². The Bertz CT molecular complexity index is 654. The Balaban J connectivity index is 2.45. The van der Waals surface area contributed by atoms with Crippen LogP contribution >= 0.6 is 0 Å². The van der Waals surface area contributed by atoms with E-state index >= 15 is 0 Å². The van der Waals surface area contributed by atoms with E-state index in [9.17, 15) is 0 Å². The van der Waals surface area contributed by atoms with Crippen LogP contribution in [0.4, 0.5) is 0 Å². The summed E-state index contributed by atoms with van der Waals surface area (Å²) in [4.78, 5) is 0. The molecule has 3 rings (SSSR count). The highest BCUT2D eigenvalue weighted by atomic mass is 15.1. The van der Waals surface area contributed by atoms with Gasteiger partial charge in [0.15, 0.2) is 11.7 Å². The van der Waals surface area contributed by atoms with Gasteiger partial charge in [-0.2, -0.15) is 4.57 Å². The zero-order valence-corrected chi connectivity index (χ0v) is 11.9. The zero-order valence-electron chi connectivity index (χ0n) is 11.9. The maximum absolute atomic E-state index is 4.10.